The highest BCUT2D eigenvalue weighted by Gasteiger charge is 2.09. The second-order valence-corrected chi connectivity index (χ2v) is 4.46. The molecule has 0 unspecified atom stereocenters. The number of hydrogen-bond donors (Lipinski definition) is 0. The van der Waals surface area contributed by atoms with Gasteiger partial charge in [-0.05, 0) is 13.3 Å². The molecule has 11 heavy (non-hydrogen) atoms. The Morgan fingerprint density at radius 2 is 2.00 bits per heavy atom. The third-order valence-corrected chi connectivity index (χ3v) is 2.85. The van der Waals surface area contributed by atoms with Gasteiger partial charge in [0, 0.05) is 6.26 Å². The molecule has 0 aromatic heterocycles. The van der Waals surface area contributed by atoms with Crippen molar-refractivity contribution in [2.45, 2.75) is 20.3 Å². The molecule has 0 aromatic carbocycles. The van der Waals surface area contributed by atoms with Crippen molar-refractivity contribution in [3.63, 3.8) is 0 Å². The van der Waals surface area contributed by atoms with E-state index in [1.807, 2.05) is 6.92 Å². The number of hydrogen-bond acceptors (Lipinski definition) is 2. The molecule has 0 radical (unpaired) electrons. The Bertz CT molecular complexity index is 270. The van der Waals surface area contributed by atoms with E-state index in [0.717, 1.165) is 12.0 Å². The maximum Gasteiger partial charge on any atom is 0.175 e. The molecule has 64 valence electrons. The van der Waals surface area contributed by atoms with Crippen LogP contribution >= 0.6 is 0 Å². The standard InChI is InChI=1S/C8H14O2S/c1-5-7(3)8(6-2)11(4,9)10/h6H,2,5H2,1,3-4H3/b8-7+. The van der Waals surface area contributed by atoms with Crippen molar-refractivity contribution in [2.75, 3.05) is 6.26 Å². The molecule has 0 aliphatic carbocycles. The smallest absolute Gasteiger partial charge is 0.175 e. The minimum Gasteiger partial charge on any atom is -0.224 e. The average Bonchev–Trinajstić information content (AvgIpc) is 1.86. The Morgan fingerprint density at radius 1 is 1.55 bits per heavy atom. The molecule has 0 amide bonds. The molecule has 0 saturated carbocycles. The van der Waals surface area contributed by atoms with Gasteiger partial charge < -0.3 is 0 Å². The predicted octanol–water partition coefficient (Wildman–Crippen LogP) is 1.90. The molecule has 0 fully saturated rings. The van der Waals surface area contributed by atoms with Crippen molar-refractivity contribution in [1.29, 1.82) is 0 Å². The molecule has 0 N–H and O–H groups in total. The van der Waals surface area contributed by atoms with E-state index in [2.05, 4.69) is 6.58 Å². The third kappa shape index (κ3) is 2.89. The van der Waals surface area contributed by atoms with Crippen molar-refractivity contribution in [3.8, 4) is 0 Å². The molecule has 3 heteroatoms. The second-order valence-electron chi connectivity index (χ2n) is 2.47. The minimum absolute atomic E-state index is 0.361. The first kappa shape index (κ1) is 10.4. The van der Waals surface area contributed by atoms with E-state index in [-0.39, 0.29) is 0 Å². The van der Waals surface area contributed by atoms with Crippen molar-refractivity contribution in [3.05, 3.63) is 23.1 Å². The van der Waals surface area contributed by atoms with E-state index in [1.165, 1.54) is 12.3 Å². The van der Waals surface area contributed by atoms with Crippen LogP contribution in [0.2, 0.25) is 0 Å². The topological polar surface area (TPSA) is 34.1 Å². The molecule has 2 nitrogen and oxygen atoms in total. The van der Waals surface area contributed by atoms with Crippen LogP contribution in [0.5, 0.6) is 0 Å². The van der Waals surface area contributed by atoms with Gasteiger partial charge in [-0.1, -0.05) is 25.2 Å². The normalized spacial score (nSPS) is 14.1. The first-order valence-electron chi connectivity index (χ1n) is 3.45. The van der Waals surface area contributed by atoms with Crippen LogP contribution in [-0.2, 0) is 9.84 Å². The molecule has 0 atom stereocenters. The van der Waals surface area contributed by atoms with E-state index in [0.29, 0.717) is 4.91 Å². The molecule has 0 spiro atoms. The van der Waals surface area contributed by atoms with Crippen LogP contribution in [0.15, 0.2) is 23.1 Å². The third-order valence-electron chi connectivity index (χ3n) is 1.54. The molecule has 0 saturated heterocycles. The van der Waals surface area contributed by atoms with Crippen LogP contribution in [0.1, 0.15) is 20.3 Å². The van der Waals surface area contributed by atoms with Gasteiger partial charge in [-0.2, -0.15) is 0 Å². The van der Waals surface area contributed by atoms with Crippen LogP contribution in [0.25, 0.3) is 0 Å². The van der Waals surface area contributed by atoms with E-state index >= 15 is 0 Å². The highest BCUT2D eigenvalue weighted by Crippen LogP contribution is 2.14. The number of allylic oxidation sites excluding steroid dienone is 2. The minimum atomic E-state index is -3.06. The largest absolute Gasteiger partial charge is 0.224 e. The summed E-state index contributed by atoms with van der Waals surface area (Å²) in [4.78, 5) is 0.361. The zero-order valence-electron chi connectivity index (χ0n) is 7.22. The number of sulfone groups is 1. The molecular formula is C8H14O2S. The fourth-order valence-electron chi connectivity index (χ4n) is 0.816. The second kappa shape index (κ2) is 3.72. The fraction of sp³-hybridized carbons (Fsp3) is 0.500. The highest BCUT2D eigenvalue weighted by atomic mass is 32.2. The maximum atomic E-state index is 11.0. The molecule has 0 rings (SSSR count). The summed E-state index contributed by atoms with van der Waals surface area (Å²) in [6.07, 6.45) is 3.34. The van der Waals surface area contributed by atoms with Crippen LogP contribution in [0, 0.1) is 0 Å². The zero-order valence-corrected chi connectivity index (χ0v) is 8.03. The van der Waals surface area contributed by atoms with Gasteiger partial charge in [0.25, 0.3) is 0 Å². The lowest BCUT2D eigenvalue weighted by molar-refractivity contribution is 0.608. The summed E-state index contributed by atoms with van der Waals surface area (Å²) < 4.78 is 22.1. The SMILES string of the molecule is C=C/C(=C(/C)CC)S(C)(=O)=O. The van der Waals surface area contributed by atoms with Crippen molar-refractivity contribution in [1.82, 2.24) is 0 Å². The van der Waals surface area contributed by atoms with Crippen LogP contribution in [0.4, 0.5) is 0 Å². The lowest BCUT2D eigenvalue weighted by Gasteiger charge is -2.02. The Hall–Kier alpha value is -0.570. The summed E-state index contributed by atoms with van der Waals surface area (Å²) in [6, 6.07) is 0. The lowest BCUT2D eigenvalue weighted by atomic mass is 10.2. The predicted molar refractivity (Wildman–Crippen MR) is 48.0 cm³/mol. The first-order chi connectivity index (χ1) is 4.93. The van der Waals surface area contributed by atoms with Gasteiger partial charge in [0.15, 0.2) is 9.84 Å². The Kier molecular flexibility index (Phi) is 3.52. The van der Waals surface area contributed by atoms with E-state index in [9.17, 15) is 8.42 Å². The van der Waals surface area contributed by atoms with Gasteiger partial charge >= 0.3 is 0 Å². The Labute approximate surface area is 68.5 Å². The van der Waals surface area contributed by atoms with Crippen LogP contribution < -0.4 is 0 Å². The first-order valence-corrected chi connectivity index (χ1v) is 5.34. The number of rotatable bonds is 3. The summed E-state index contributed by atoms with van der Waals surface area (Å²) >= 11 is 0. The lowest BCUT2D eigenvalue weighted by Crippen LogP contribution is -2.00. The summed E-state index contributed by atoms with van der Waals surface area (Å²) in [7, 11) is -3.06. The van der Waals surface area contributed by atoms with Gasteiger partial charge in [0.1, 0.15) is 0 Å². The van der Waals surface area contributed by atoms with Crippen molar-refractivity contribution < 1.29 is 8.42 Å². The summed E-state index contributed by atoms with van der Waals surface area (Å²) in [5.41, 5.74) is 0.863. The van der Waals surface area contributed by atoms with Gasteiger partial charge in [-0.25, -0.2) is 8.42 Å². The van der Waals surface area contributed by atoms with Crippen molar-refractivity contribution >= 4 is 9.84 Å². The van der Waals surface area contributed by atoms with Gasteiger partial charge in [0.05, 0.1) is 4.91 Å². The van der Waals surface area contributed by atoms with E-state index in [1.54, 1.807) is 6.92 Å². The average molecular weight is 174 g/mol. The van der Waals surface area contributed by atoms with E-state index in [4.69, 9.17) is 0 Å². The van der Waals surface area contributed by atoms with Crippen LogP contribution in [0.3, 0.4) is 0 Å². The summed E-state index contributed by atoms with van der Waals surface area (Å²) in [5.74, 6) is 0. The summed E-state index contributed by atoms with van der Waals surface area (Å²) in [6.45, 7) is 7.18. The molecule has 0 aliphatic heterocycles. The highest BCUT2D eigenvalue weighted by molar-refractivity contribution is 7.94. The Balaban J connectivity index is 5.15. The van der Waals surface area contributed by atoms with Crippen LogP contribution in [-0.4, -0.2) is 14.7 Å². The Morgan fingerprint density at radius 3 is 2.09 bits per heavy atom. The fourth-order valence-corrected chi connectivity index (χ4v) is 1.90. The quantitative estimate of drug-likeness (QED) is 0.612. The molecule has 0 aliphatic rings. The molecule has 0 heterocycles. The summed E-state index contributed by atoms with van der Waals surface area (Å²) in [5, 5.41) is 0. The van der Waals surface area contributed by atoms with Crippen molar-refractivity contribution in [2.24, 2.45) is 0 Å². The molecule has 0 aromatic rings. The van der Waals surface area contributed by atoms with Gasteiger partial charge in [0.2, 0.25) is 0 Å². The van der Waals surface area contributed by atoms with E-state index < -0.39 is 9.84 Å². The molecule has 0 bridgehead atoms. The molecular weight excluding hydrogens is 160 g/mol. The maximum absolute atomic E-state index is 11.0. The van der Waals surface area contributed by atoms with Gasteiger partial charge in [-0.3, -0.25) is 0 Å². The monoisotopic (exact) mass is 174 g/mol. The zero-order chi connectivity index (χ0) is 9.07. The van der Waals surface area contributed by atoms with Gasteiger partial charge in [-0.15, -0.1) is 0 Å².